The van der Waals surface area contributed by atoms with Gasteiger partial charge in [0.1, 0.15) is 22.9 Å². The molecule has 0 fully saturated rings. The molecule has 0 saturated carbocycles. The topological polar surface area (TPSA) is 46.5 Å². The lowest BCUT2D eigenvalue weighted by atomic mass is 10.0. The highest BCUT2D eigenvalue weighted by atomic mass is 28.4. The summed E-state index contributed by atoms with van der Waals surface area (Å²) in [5.41, 5.74) is 0.463. The van der Waals surface area contributed by atoms with E-state index in [2.05, 4.69) is 0 Å². The number of carbonyl (C=O) groups excluding carboxylic acids is 1. The number of hydrogen-bond acceptors (Lipinski definition) is 3. The first-order chi connectivity index (χ1) is 10.2. The zero-order chi connectivity index (χ0) is 16.5. The second-order valence-electron chi connectivity index (χ2n) is 5.86. The van der Waals surface area contributed by atoms with Crippen molar-refractivity contribution in [3.8, 4) is 16.9 Å². The fourth-order valence-corrected chi connectivity index (χ4v) is 2.59. The van der Waals surface area contributed by atoms with Gasteiger partial charge in [0.2, 0.25) is 8.32 Å². The van der Waals surface area contributed by atoms with Gasteiger partial charge in [-0.15, -0.1) is 0 Å². The maximum atomic E-state index is 13.8. The normalized spacial score (nSPS) is 11.3. The van der Waals surface area contributed by atoms with Crippen LogP contribution in [-0.2, 0) is 4.43 Å². The van der Waals surface area contributed by atoms with Gasteiger partial charge in [0.05, 0.1) is 0 Å². The molecule has 0 unspecified atom stereocenters. The number of benzene rings is 2. The Morgan fingerprint density at radius 3 is 2.36 bits per heavy atom. The van der Waals surface area contributed by atoms with Crippen LogP contribution in [0.5, 0.6) is 5.75 Å². The number of halogens is 2. The van der Waals surface area contributed by atoms with Gasteiger partial charge in [0.25, 0.3) is 0 Å². The number of hydrogen-bond donors (Lipinski definition) is 1. The SMILES string of the molecule is C[Si](C)(C)OC(=O)c1cc(-c2ccc(F)cc2F)ccc1O. The van der Waals surface area contributed by atoms with Gasteiger partial charge in [-0.1, -0.05) is 6.07 Å². The zero-order valence-electron chi connectivity index (χ0n) is 12.5. The molecule has 0 amide bonds. The molecule has 0 radical (unpaired) electrons. The number of rotatable bonds is 3. The molecular formula is C16H16F2O3Si. The summed E-state index contributed by atoms with van der Waals surface area (Å²) in [7, 11) is -2.13. The van der Waals surface area contributed by atoms with Crippen LogP contribution >= 0.6 is 0 Å². The maximum absolute atomic E-state index is 13.8. The summed E-state index contributed by atoms with van der Waals surface area (Å²) < 4.78 is 32.1. The van der Waals surface area contributed by atoms with Crippen molar-refractivity contribution in [2.24, 2.45) is 0 Å². The van der Waals surface area contributed by atoms with Gasteiger partial charge in [-0.25, -0.2) is 13.6 Å². The summed E-state index contributed by atoms with van der Waals surface area (Å²) in [6.45, 7) is 5.52. The molecule has 2 aromatic rings. The molecule has 116 valence electrons. The third-order valence-electron chi connectivity index (χ3n) is 2.86. The summed E-state index contributed by atoms with van der Waals surface area (Å²) in [4.78, 5) is 12.1. The molecule has 0 aromatic heterocycles. The van der Waals surface area contributed by atoms with Gasteiger partial charge < -0.3 is 9.53 Å². The molecule has 6 heteroatoms. The lowest BCUT2D eigenvalue weighted by molar-refractivity contribution is 0.0721. The minimum atomic E-state index is -2.13. The van der Waals surface area contributed by atoms with E-state index in [1.54, 1.807) is 0 Å². The van der Waals surface area contributed by atoms with Gasteiger partial charge in [0, 0.05) is 11.6 Å². The summed E-state index contributed by atoms with van der Waals surface area (Å²) in [5.74, 6) is -2.32. The Kier molecular flexibility index (Phi) is 4.32. The monoisotopic (exact) mass is 322 g/mol. The molecule has 0 aliphatic heterocycles. The smallest absolute Gasteiger partial charge is 0.328 e. The van der Waals surface area contributed by atoms with Crippen LogP contribution < -0.4 is 0 Å². The number of phenolic OH excluding ortho intramolecular Hbond substituents is 1. The lowest BCUT2D eigenvalue weighted by Gasteiger charge is -2.18. The zero-order valence-corrected chi connectivity index (χ0v) is 13.5. The molecular weight excluding hydrogens is 306 g/mol. The van der Waals surface area contributed by atoms with Gasteiger partial charge in [-0.2, -0.15) is 0 Å². The van der Waals surface area contributed by atoms with Crippen molar-refractivity contribution in [1.29, 1.82) is 0 Å². The Hall–Kier alpha value is -2.21. The molecule has 0 atom stereocenters. The predicted molar refractivity (Wildman–Crippen MR) is 82.2 cm³/mol. The molecule has 0 heterocycles. The van der Waals surface area contributed by atoms with Crippen LogP contribution in [0.3, 0.4) is 0 Å². The van der Waals surface area contributed by atoms with Crippen LogP contribution in [0.4, 0.5) is 8.78 Å². The van der Waals surface area contributed by atoms with E-state index in [0.29, 0.717) is 5.56 Å². The van der Waals surface area contributed by atoms with Gasteiger partial charge in [-0.05, 0) is 49.5 Å². The van der Waals surface area contributed by atoms with Crippen molar-refractivity contribution < 1.29 is 23.1 Å². The van der Waals surface area contributed by atoms with E-state index in [1.807, 2.05) is 19.6 Å². The minimum Gasteiger partial charge on any atom is -0.516 e. The Bertz CT molecular complexity index is 724. The molecule has 0 bridgehead atoms. The van der Waals surface area contributed by atoms with E-state index >= 15 is 0 Å². The van der Waals surface area contributed by atoms with Crippen LogP contribution in [0.25, 0.3) is 11.1 Å². The fraction of sp³-hybridized carbons (Fsp3) is 0.188. The quantitative estimate of drug-likeness (QED) is 0.856. The van der Waals surface area contributed by atoms with Crippen LogP contribution in [0.15, 0.2) is 36.4 Å². The fourth-order valence-electron chi connectivity index (χ4n) is 1.92. The standard InChI is InChI=1S/C16H16F2O3Si/c1-22(2,3)21-16(20)13-8-10(4-7-15(13)19)12-6-5-11(17)9-14(12)18/h4-9,19H,1-3H3. The maximum Gasteiger partial charge on any atom is 0.328 e. The van der Waals surface area contributed by atoms with Crippen molar-refractivity contribution in [1.82, 2.24) is 0 Å². The third kappa shape index (κ3) is 3.70. The van der Waals surface area contributed by atoms with Gasteiger partial charge in [-0.3, -0.25) is 0 Å². The van der Waals surface area contributed by atoms with Gasteiger partial charge >= 0.3 is 5.97 Å². The third-order valence-corrected chi connectivity index (χ3v) is 3.66. The molecule has 0 aliphatic carbocycles. The average Bonchev–Trinajstić information content (AvgIpc) is 2.37. The van der Waals surface area contributed by atoms with Crippen LogP contribution in [0, 0.1) is 11.6 Å². The van der Waals surface area contributed by atoms with Crippen molar-refractivity contribution in [2.45, 2.75) is 19.6 Å². The number of carbonyl (C=O) groups is 1. The van der Waals surface area contributed by atoms with E-state index in [4.69, 9.17) is 4.43 Å². The summed E-state index contributed by atoms with van der Waals surface area (Å²) in [6, 6.07) is 7.27. The van der Waals surface area contributed by atoms with Crippen molar-refractivity contribution >= 4 is 14.3 Å². The van der Waals surface area contributed by atoms with E-state index in [9.17, 15) is 18.7 Å². The molecule has 0 saturated heterocycles. The summed E-state index contributed by atoms with van der Waals surface area (Å²) in [5, 5.41) is 9.82. The van der Waals surface area contributed by atoms with Crippen molar-refractivity contribution in [3.05, 3.63) is 53.6 Å². The first-order valence-electron chi connectivity index (χ1n) is 6.69. The van der Waals surface area contributed by atoms with Gasteiger partial charge in [0.15, 0.2) is 0 Å². The molecule has 0 aliphatic rings. The Labute approximate surface area is 128 Å². The first-order valence-corrected chi connectivity index (χ1v) is 10.1. The van der Waals surface area contributed by atoms with E-state index in [-0.39, 0.29) is 16.9 Å². The highest BCUT2D eigenvalue weighted by Gasteiger charge is 2.23. The van der Waals surface area contributed by atoms with Crippen molar-refractivity contribution in [3.63, 3.8) is 0 Å². The first kappa shape index (κ1) is 16.2. The average molecular weight is 322 g/mol. The summed E-state index contributed by atoms with van der Waals surface area (Å²) >= 11 is 0. The Balaban J connectivity index is 2.44. The van der Waals surface area contributed by atoms with Crippen LogP contribution in [0.1, 0.15) is 10.4 Å². The van der Waals surface area contributed by atoms with E-state index in [0.717, 1.165) is 12.1 Å². The van der Waals surface area contributed by atoms with Crippen molar-refractivity contribution in [2.75, 3.05) is 0 Å². The van der Waals surface area contributed by atoms with E-state index in [1.165, 1.54) is 24.3 Å². The largest absolute Gasteiger partial charge is 0.516 e. The molecule has 22 heavy (non-hydrogen) atoms. The Morgan fingerprint density at radius 1 is 1.09 bits per heavy atom. The van der Waals surface area contributed by atoms with Crippen LogP contribution in [-0.4, -0.2) is 19.4 Å². The number of aromatic hydroxyl groups is 1. The molecule has 0 spiro atoms. The lowest BCUT2D eigenvalue weighted by Crippen LogP contribution is -2.29. The second kappa shape index (κ2) is 5.88. The molecule has 2 aromatic carbocycles. The highest BCUT2D eigenvalue weighted by molar-refractivity contribution is 6.71. The van der Waals surface area contributed by atoms with Crippen LogP contribution in [0.2, 0.25) is 19.6 Å². The minimum absolute atomic E-state index is 0.0383. The molecule has 1 N–H and O–H groups in total. The predicted octanol–water partition coefficient (Wildman–Crippen LogP) is 4.33. The highest BCUT2D eigenvalue weighted by Crippen LogP contribution is 2.29. The number of phenols is 1. The van der Waals surface area contributed by atoms with E-state index < -0.39 is 25.9 Å². The molecule has 2 rings (SSSR count). The Morgan fingerprint density at radius 2 is 1.77 bits per heavy atom. The second-order valence-corrected chi connectivity index (χ2v) is 10.3. The summed E-state index contributed by atoms with van der Waals surface area (Å²) in [6.07, 6.45) is 0. The molecule has 3 nitrogen and oxygen atoms in total.